The van der Waals surface area contributed by atoms with Gasteiger partial charge in [0.25, 0.3) is 0 Å². The summed E-state index contributed by atoms with van der Waals surface area (Å²) in [6, 6.07) is 6.60. The van der Waals surface area contributed by atoms with E-state index in [4.69, 9.17) is 4.74 Å². The van der Waals surface area contributed by atoms with Gasteiger partial charge in [0.05, 0.1) is 6.10 Å². The first-order valence-corrected chi connectivity index (χ1v) is 7.14. The van der Waals surface area contributed by atoms with E-state index >= 15 is 0 Å². The number of nitrogens with one attached hydrogen (secondary N) is 2. The van der Waals surface area contributed by atoms with Crippen molar-refractivity contribution in [2.45, 2.75) is 37.3 Å². The number of benzene rings is 1. The molecule has 108 valence electrons. The summed E-state index contributed by atoms with van der Waals surface area (Å²) < 4.78 is 19.0. The normalized spacial score (nSPS) is 28.1. The summed E-state index contributed by atoms with van der Waals surface area (Å²) in [4.78, 5) is 11.7. The lowest BCUT2D eigenvalue weighted by molar-refractivity contribution is 0.111. The van der Waals surface area contributed by atoms with Crippen molar-refractivity contribution >= 4 is 6.03 Å². The number of amides is 2. The molecule has 2 aliphatic rings. The summed E-state index contributed by atoms with van der Waals surface area (Å²) in [5, 5.41) is 5.70. The Morgan fingerprint density at radius 2 is 2.25 bits per heavy atom. The van der Waals surface area contributed by atoms with Crippen molar-refractivity contribution in [3.05, 3.63) is 35.6 Å². The van der Waals surface area contributed by atoms with Gasteiger partial charge in [0.1, 0.15) is 5.82 Å². The zero-order valence-corrected chi connectivity index (χ0v) is 11.3. The molecule has 0 radical (unpaired) electrons. The van der Waals surface area contributed by atoms with E-state index in [1.54, 1.807) is 12.1 Å². The molecule has 2 amide bonds. The lowest BCUT2D eigenvalue weighted by Crippen LogP contribution is -2.40. The Balaban J connectivity index is 1.43. The van der Waals surface area contributed by atoms with Crippen LogP contribution < -0.4 is 10.6 Å². The SMILES string of the molecule is O=C(NCC1CCCO1)NC1CC1c1ccccc1F. The molecule has 1 heterocycles. The van der Waals surface area contributed by atoms with Crippen LogP contribution in [0.5, 0.6) is 0 Å². The van der Waals surface area contributed by atoms with Gasteiger partial charge in [-0.2, -0.15) is 0 Å². The van der Waals surface area contributed by atoms with Crippen molar-refractivity contribution in [1.82, 2.24) is 10.6 Å². The molecule has 5 heteroatoms. The molecular formula is C15H19FN2O2. The summed E-state index contributed by atoms with van der Waals surface area (Å²) in [7, 11) is 0. The molecule has 1 aliphatic heterocycles. The first-order valence-electron chi connectivity index (χ1n) is 7.14. The van der Waals surface area contributed by atoms with Gasteiger partial charge in [0.2, 0.25) is 0 Å². The van der Waals surface area contributed by atoms with Gasteiger partial charge >= 0.3 is 6.03 Å². The van der Waals surface area contributed by atoms with Gasteiger partial charge in [0.15, 0.2) is 0 Å². The highest BCUT2D eigenvalue weighted by Gasteiger charge is 2.40. The Morgan fingerprint density at radius 1 is 1.40 bits per heavy atom. The number of hydrogen-bond acceptors (Lipinski definition) is 2. The van der Waals surface area contributed by atoms with Crippen LogP contribution in [0.25, 0.3) is 0 Å². The first-order chi connectivity index (χ1) is 9.74. The minimum Gasteiger partial charge on any atom is -0.376 e. The minimum absolute atomic E-state index is 0.0383. The Kier molecular flexibility index (Phi) is 3.87. The summed E-state index contributed by atoms with van der Waals surface area (Å²) in [5.41, 5.74) is 0.692. The Bertz CT molecular complexity index is 489. The minimum atomic E-state index is -0.193. The van der Waals surface area contributed by atoms with Crippen LogP contribution in [0.15, 0.2) is 24.3 Å². The second-order valence-electron chi connectivity index (χ2n) is 5.46. The van der Waals surface area contributed by atoms with Crippen LogP contribution in [-0.2, 0) is 4.74 Å². The van der Waals surface area contributed by atoms with E-state index in [1.807, 2.05) is 6.07 Å². The fraction of sp³-hybridized carbons (Fsp3) is 0.533. The highest BCUT2D eigenvalue weighted by molar-refractivity contribution is 5.75. The third-order valence-electron chi connectivity index (χ3n) is 3.93. The Hall–Kier alpha value is -1.62. The van der Waals surface area contributed by atoms with Crippen molar-refractivity contribution in [3.63, 3.8) is 0 Å². The van der Waals surface area contributed by atoms with Gasteiger partial charge in [-0.3, -0.25) is 0 Å². The van der Waals surface area contributed by atoms with E-state index in [2.05, 4.69) is 10.6 Å². The summed E-state index contributed by atoms with van der Waals surface area (Å²) in [6.45, 7) is 1.33. The molecule has 2 N–H and O–H groups in total. The zero-order valence-electron chi connectivity index (χ0n) is 11.3. The van der Waals surface area contributed by atoms with Gasteiger partial charge in [-0.05, 0) is 30.9 Å². The lowest BCUT2D eigenvalue weighted by atomic mass is 10.1. The van der Waals surface area contributed by atoms with Gasteiger partial charge in [-0.1, -0.05) is 18.2 Å². The first kappa shape index (κ1) is 13.4. The van der Waals surface area contributed by atoms with Crippen LogP contribution in [0.4, 0.5) is 9.18 Å². The predicted molar refractivity (Wildman–Crippen MR) is 73.1 cm³/mol. The number of carbonyl (C=O) groups is 1. The molecule has 3 rings (SSSR count). The number of rotatable bonds is 4. The number of carbonyl (C=O) groups excluding carboxylic acids is 1. The van der Waals surface area contributed by atoms with Crippen LogP contribution in [-0.4, -0.2) is 31.3 Å². The van der Waals surface area contributed by atoms with Crippen molar-refractivity contribution in [2.24, 2.45) is 0 Å². The zero-order chi connectivity index (χ0) is 13.9. The molecule has 3 unspecified atom stereocenters. The van der Waals surface area contributed by atoms with Crippen LogP contribution in [0.3, 0.4) is 0 Å². The fourth-order valence-corrected chi connectivity index (χ4v) is 2.71. The van der Waals surface area contributed by atoms with Crippen molar-refractivity contribution < 1.29 is 13.9 Å². The summed E-state index contributed by atoms with van der Waals surface area (Å²) >= 11 is 0. The molecule has 0 aromatic heterocycles. The standard InChI is InChI=1S/C15H19FN2O2/c16-13-6-2-1-5-11(13)12-8-14(12)18-15(19)17-9-10-4-3-7-20-10/h1-2,5-6,10,12,14H,3-4,7-9H2,(H2,17,18,19). The maximum Gasteiger partial charge on any atom is 0.315 e. The maximum atomic E-state index is 13.6. The quantitative estimate of drug-likeness (QED) is 0.886. The third-order valence-corrected chi connectivity index (χ3v) is 3.93. The van der Waals surface area contributed by atoms with Crippen LogP contribution in [0.1, 0.15) is 30.7 Å². The number of hydrogen-bond donors (Lipinski definition) is 2. The van der Waals surface area contributed by atoms with Crippen molar-refractivity contribution in [2.75, 3.05) is 13.2 Å². The van der Waals surface area contributed by atoms with Crippen LogP contribution in [0.2, 0.25) is 0 Å². The Labute approximate surface area is 117 Å². The molecule has 0 spiro atoms. The molecule has 1 saturated carbocycles. The third kappa shape index (κ3) is 3.10. The molecule has 3 atom stereocenters. The predicted octanol–water partition coefficient (Wildman–Crippen LogP) is 2.16. The number of urea groups is 1. The second kappa shape index (κ2) is 5.79. The smallest absolute Gasteiger partial charge is 0.315 e. The van der Waals surface area contributed by atoms with Crippen LogP contribution in [0, 0.1) is 5.82 Å². The van der Waals surface area contributed by atoms with Crippen molar-refractivity contribution in [1.29, 1.82) is 0 Å². The monoisotopic (exact) mass is 278 g/mol. The molecule has 2 fully saturated rings. The fourth-order valence-electron chi connectivity index (χ4n) is 2.71. The van der Waals surface area contributed by atoms with Gasteiger partial charge < -0.3 is 15.4 Å². The molecular weight excluding hydrogens is 259 g/mol. The summed E-state index contributed by atoms with van der Waals surface area (Å²) in [6.07, 6.45) is 3.00. The highest BCUT2D eigenvalue weighted by Crippen LogP contribution is 2.41. The number of halogens is 1. The topological polar surface area (TPSA) is 50.4 Å². The van der Waals surface area contributed by atoms with E-state index in [1.165, 1.54) is 6.07 Å². The number of ether oxygens (including phenoxy) is 1. The van der Waals surface area contributed by atoms with E-state index in [-0.39, 0.29) is 29.9 Å². The van der Waals surface area contributed by atoms with Gasteiger partial charge in [-0.15, -0.1) is 0 Å². The lowest BCUT2D eigenvalue weighted by Gasteiger charge is -2.11. The second-order valence-corrected chi connectivity index (χ2v) is 5.46. The van der Waals surface area contributed by atoms with E-state index < -0.39 is 0 Å². The average molecular weight is 278 g/mol. The molecule has 1 aromatic carbocycles. The largest absolute Gasteiger partial charge is 0.376 e. The summed E-state index contributed by atoms with van der Waals surface area (Å²) in [5.74, 6) is -0.0914. The Morgan fingerprint density at radius 3 is 3.00 bits per heavy atom. The maximum absolute atomic E-state index is 13.6. The molecule has 4 nitrogen and oxygen atoms in total. The van der Waals surface area contributed by atoms with Crippen LogP contribution >= 0.6 is 0 Å². The van der Waals surface area contributed by atoms with Crippen molar-refractivity contribution in [3.8, 4) is 0 Å². The molecule has 0 bridgehead atoms. The van der Waals surface area contributed by atoms with E-state index in [0.29, 0.717) is 12.1 Å². The molecule has 1 aliphatic carbocycles. The molecule has 20 heavy (non-hydrogen) atoms. The average Bonchev–Trinajstić information content (AvgIpc) is 2.99. The van der Waals surface area contributed by atoms with Gasteiger partial charge in [-0.25, -0.2) is 9.18 Å². The highest BCUT2D eigenvalue weighted by atomic mass is 19.1. The molecule has 1 saturated heterocycles. The molecule has 1 aromatic rings. The van der Waals surface area contributed by atoms with Gasteiger partial charge in [0, 0.05) is 25.1 Å². The van der Waals surface area contributed by atoms with E-state index in [9.17, 15) is 9.18 Å². The van der Waals surface area contributed by atoms with E-state index in [0.717, 1.165) is 25.9 Å².